The van der Waals surface area contributed by atoms with Crippen LogP contribution in [0.3, 0.4) is 0 Å². The molecule has 0 atom stereocenters. The predicted molar refractivity (Wildman–Crippen MR) is 120 cm³/mol. The molecule has 9 heteroatoms. The standard InChI is InChI=1S/C23H23N5O4/c1-16-6-3-4-7-19(16)25-22(29)24-17-9-11-18(12-10-17)28-21(20-8-5-13-31-20)26-23(27-28)32-15-14-30-2/h3-13H,14-15H2,1-2H3,(H2,24,25,29). The Hall–Kier alpha value is -4.11. The van der Waals surface area contributed by atoms with Crippen LogP contribution >= 0.6 is 0 Å². The van der Waals surface area contributed by atoms with Crippen LogP contribution in [0.1, 0.15) is 5.56 Å². The van der Waals surface area contributed by atoms with E-state index in [1.165, 1.54) is 0 Å². The molecule has 2 amide bonds. The van der Waals surface area contributed by atoms with E-state index in [1.54, 1.807) is 42.3 Å². The number of rotatable bonds is 8. The lowest BCUT2D eigenvalue weighted by Crippen LogP contribution is -2.19. The Balaban J connectivity index is 1.50. The highest BCUT2D eigenvalue weighted by Crippen LogP contribution is 2.25. The van der Waals surface area contributed by atoms with Crippen LogP contribution in [0.2, 0.25) is 0 Å². The van der Waals surface area contributed by atoms with Crippen molar-refractivity contribution in [2.75, 3.05) is 31.0 Å². The fourth-order valence-electron chi connectivity index (χ4n) is 3.00. The molecule has 0 aliphatic heterocycles. The van der Waals surface area contributed by atoms with Crippen molar-refractivity contribution in [2.45, 2.75) is 6.92 Å². The largest absolute Gasteiger partial charge is 0.461 e. The molecule has 2 heterocycles. The fraction of sp³-hybridized carbons (Fsp3) is 0.174. The molecule has 0 bridgehead atoms. The first kappa shape index (κ1) is 21.1. The van der Waals surface area contributed by atoms with Crippen molar-refractivity contribution in [2.24, 2.45) is 0 Å². The van der Waals surface area contributed by atoms with E-state index in [2.05, 4.69) is 20.7 Å². The van der Waals surface area contributed by atoms with Gasteiger partial charge in [-0.1, -0.05) is 18.2 Å². The number of anilines is 2. The highest BCUT2D eigenvalue weighted by Gasteiger charge is 2.17. The Labute approximate surface area is 185 Å². The SMILES string of the molecule is COCCOc1nc(-c2ccco2)n(-c2ccc(NC(=O)Nc3ccccc3C)cc2)n1. The molecular weight excluding hydrogens is 410 g/mol. The van der Waals surface area contributed by atoms with Crippen molar-refractivity contribution in [1.29, 1.82) is 0 Å². The van der Waals surface area contributed by atoms with Crippen molar-refractivity contribution >= 4 is 17.4 Å². The van der Waals surface area contributed by atoms with Crippen LogP contribution in [0.25, 0.3) is 17.3 Å². The Kier molecular flexibility index (Phi) is 6.47. The van der Waals surface area contributed by atoms with Gasteiger partial charge in [0, 0.05) is 18.5 Å². The van der Waals surface area contributed by atoms with E-state index in [0.717, 1.165) is 16.9 Å². The smallest absolute Gasteiger partial charge is 0.336 e. The van der Waals surface area contributed by atoms with Gasteiger partial charge in [0.25, 0.3) is 0 Å². The minimum atomic E-state index is -0.321. The number of aromatic nitrogens is 3. The van der Waals surface area contributed by atoms with Crippen molar-refractivity contribution < 1.29 is 18.7 Å². The molecule has 0 radical (unpaired) electrons. The quantitative estimate of drug-likeness (QED) is 0.397. The van der Waals surface area contributed by atoms with E-state index in [9.17, 15) is 4.79 Å². The number of aryl methyl sites for hydroxylation is 1. The second kappa shape index (κ2) is 9.80. The van der Waals surface area contributed by atoms with Crippen LogP contribution in [0.4, 0.5) is 16.2 Å². The van der Waals surface area contributed by atoms with Crippen molar-refractivity contribution in [3.05, 3.63) is 72.5 Å². The summed E-state index contributed by atoms with van der Waals surface area (Å²) in [5.74, 6) is 1.05. The first-order valence-electron chi connectivity index (χ1n) is 10.0. The van der Waals surface area contributed by atoms with E-state index < -0.39 is 0 Å². The molecule has 0 fully saturated rings. The van der Waals surface area contributed by atoms with Gasteiger partial charge in [0.05, 0.1) is 18.6 Å². The van der Waals surface area contributed by atoms with Crippen LogP contribution in [-0.2, 0) is 4.74 Å². The molecule has 2 aromatic carbocycles. The number of urea groups is 1. The zero-order valence-electron chi connectivity index (χ0n) is 17.7. The van der Waals surface area contributed by atoms with E-state index in [1.807, 2.05) is 43.3 Å². The van der Waals surface area contributed by atoms with Crippen LogP contribution in [-0.4, -0.2) is 41.1 Å². The summed E-state index contributed by atoms with van der Waals surface area (Å²) in [6, 6.07) is 18.3. The Morgan fingerprint density at radius 2 is 1.84 bits per heavy atom. The molecule has 164 valence electrons. The summed E-state index contributed by atoms with van der Waals surface area (Å²) in [5.41, 5.74) is 3.11. The van der Waals surface area contributed by atoms with Gasteiger partial charge >= 0.3 is 12.0 Å². The number of ether oxygens (including phenoxy) is 2. The van der Waals surface area contributed by atoms with Gasteiger partial charge in [-0.2, -0.15) is 4.98 Å². The van der Waals surface area contributed by atoms with Gasteiger partial charge in [-0.05, 0) is 55.0 Å². The lowest BCUT2D eigenvalue weighted by atomic mass is 10.2. The topological polar surface area (TPSA) is 103 Å². The number of amides is 2. The molecule has 0 aliphatic carbocycles. The van der Waals surface area contributed by atoms with Gasteiger partial charge in [0.1, 0.15) is 6.61 Å². The van der Waals surface area contributed by atoms with Crippen molar-refractivity contribution in [1.82, 2.24) is 14.8 Å². The van der Waals surface area contributed by atoms with Gasteiger partial charge in [0.2, 0.25) is 5.82 Å². The summed E-state index contributed by atoms with van der Waals surface area (Å²) in [6.45, 7) is 2.69. The highest BCUT2D eigenvalue weighted by molar-refractivity contribution is 6.00. The molecule has 0 aliphatic rings. The average molecular weight is 433 g/mol. The molecule has 32 heavy (non-hydrogen) atoms. The van der Waals surface area contributed by atoms with E-state index in [-0.39, 0.29) is 12.0 Å². The molecule has 2 N–H and O–H groups in total. The molecule has 4 rings (SSSR count). The van der Waals surface area contributed by atoms with E-state index >= 15 is 0 Å². The third-order valence-electron chi connectivity index (χ3n) is 4.61. The van der Waals surface area contributed by atoms with Crippen LogP contribution in [0, 0.1) is 6.92 Å². The third-order valence-corrected chi connectivity index (χ3v) is 4.61. The zero-order valence-corrected chi connectivity index (χ0v) is 17.7. The Morgan fingerprint density at radius 1 is 1.03 bits per heavy atom. The van der Waals surface area contributed by atoms with Crippen molar-refractivity contribution in [3.8, 4) is 23.3 Å². The van der Waals surface area contributed by atoms with Gasteiger partial charge in [-0.25, -0.2) is 9.48 Å². The van der Waals surface area contributed by atoms with Gasteiger partial charge in [0.15, 0.2) is 5.76 Å². The normalized spacial score (nSPS) is 10.7. The summed E-state index contributed by atoms with van der Waals surface area (Å²) in [6.07, 6.45) is 1.57. The van der Waals surface area contributed by atoms with Crippen LogP contribution in [0.5, 0.6) is 6.01 Å². The third kappa shape index (κ3) is 4.96. The monoisotopic (exact) mass is 433 g/mol. The second-order valence-electron chi connectivity index (χ2n) is 6.89. The molecule has 0 unspecified atom stereocenters. The van der Waals surface area contributed by atoms with E-state index in [0.29, 0.717) is 30.5 Å². The summed E-state index contributed by atoms with van der Waals surface area (Å²) in [4.78, 5) is 16.8. The molecule has 0 saturated carbocycles. The number of nitrogens with one attached hydrogen (secondary N) is 2. The second-order valence-corrected chi connectivity index (χ2v) is 6.89. The van der Waals surface area contributed by atoms with Crippen LogP contribution in [0.15, 0.2) is 71.3 Å². The molecule has 4 aromatic rings. The Morgan fingerprint density at radius 3 is 2.56 bits per heavy atom. The van der Waals surface area contributed by atoms with Gasteiger partial charge in [-0.3, -0.25) is 0 Å². The first-order chi connectivity index (χ1) is 15.6. The minimum Gasteiger partial charge on any atom is -0.461 e. The number of hydrogen-bond acceptors (Lipinski definition) is 6. The number of carbonyl (C=O) groups is 1. The number of carbonyl (C=O) groups excluding carboxylic acids is 1. The Bertz CT molecular complexity index is 1170. The fourth-order valence-corrected chi connectivity index (χ4v) is 3.00. The highest BCUT2D eigenvalue weighted by atomic mass is 16.5. The molecule has 0 saturated heterocycles. The summed E-state index contributed by atoms with van der Waals surface area (Å²) in [5, 5.41) is 10.1. The average Bonchev–Trinajstić information content (AvgIpc) is 3.46. The molecule has 9 nitrogen and oxygen atoms in total. The summed E-state index contributed by atoms with van der Waals surface area (Å²) < 4.78 is 17.7. The zero-order chi connectivity index (χ0) is 22.3. The maximum atomic E-state index is 12.3. The van der Waals surface area contributed by atoms with Gasteiger partial charge < -0.3 is 24.5 Å². The molecule has 0 spiro atoms. The maximum absolute atomic E-state index is 12.3. The minimum absolute atomic E-state index is 0.216. The van der Waals surface area contributed by atoms with E-state index in [4.69, 9.17) is 13.9 Å². The number of hydrogen-bond donors (Lipinski definition) is 2. The number of para-hydroxylation sites is 1. The lowest BCUT2D eigenvalue weighted by molar-refractivity contribution is 0.141. The maximum Gasteiger partial charge on any atom is 0.336 e. The number of benzene rings is 2. The first-order valence-corrected chi connectivity index (χ1v) is 10.0. The number of nitrogens with zero attached hydrogens (tertiary/aromatic N) is 3. The van der Waals surface area contributed by atoms with Gasteiger partial charge in [-0.15, -0.1) is 5.10 Å². The number of methoxy groups -OCH3 is 1. The van der Waals surface area contributed by atoms with Crippen LogP contribution < -0.4 is 15.4 Å². The lowest BCUT2D eigenvalue weighted by Gasteiger charge is -2.10. The number of furan rings is 1. The van der Waals surface area contributed by atoms with Crippen molar-refractivity contribution in [3.63, 3.8) is 0 Å². The molecule has 2 aromatic heterocycles. The predicted octanol–water partition coefficient (Wildman–Crippen LogP) is 4.50. The summed E-state index contributed by atoms with van der Waals surface area (Å²) >= 11 is 0. The molecular formula is C23H23N5O4. The summed E-state index contributed by atoms with van der Waals surface area (Å²) in [7, 11) is 1.60.